The minimum atomic E-state index is 1.61. The highest BCUT2D eigenvalue weighted by Crippen LogP contribution is 1.51. The van der Waals surface area contributed by atoms with Crippen molar-refractivity contribution in [3.8, 4) is 0 Å². The first-order valence-corrected chi connectivity index (χ1v) is 2.03. The van der Waals surface area contributed by atoms with Crippen LogP contribution in [0.2, 0.25) is 0 Å². The molecule has 7 heavy (non-hydrogen) atoms. The molecular formula is C5H9N2+. The summed E-state index contributed by atoms with van der Waals surface area (Å²) < 4.78 is 3.47. The Labute approximate surface area is 43.3 Å². The van der Waals surface area contributed by atoms with E-state index in [2.05, 4.69) is 16.7 Å². The lowest BCUT2D eigenvalue weighted by atomic mass is 10.7. The second-order valence-corrected chi connectivity index (χ2v) is 0.979. The maximum atomic E-state index is 3.47. The molecule has 0 aromatic heterocycles. The van der Waals surface area contributed by atoms with Gasteiger partial charge in [-0.15, -0.1) is 4.67 Å². The van der Waals surface area contributed by atoms with E-state index in [1.54, 1.807) is 18.5 Å². The molecule has 0 aliphatic heterocycles. The Hall–Kier alpha value is -1.01. The van der Waals surface area contributed by atoms with Crippen molar-refractivity contribution >= 4 is 12.9 Å². The maximum absolute atomic E-state index is 3.47. The molecule has 0 heterocycles. The van der Waals surface area contributed by atoms with Gasteiger partial charge in [0, 0.05) is 19.3 Å². The smallest absolute Gasteiger partial charge is 0.293 e. The van der Waals surface area contributed by atoms with Crippen LogP contribution in [0.4, 0.5) is 0 Å². The van der Waals surface area contributed by atoms with E-state index in [1.165, 1.54) is 0 Å². The molecule has 0 aliphatic rings. The van der Waals surface area contributed by atoms with Crippen molar-refractivity contribution in [1.82, 2.24) is 9.98 Å². The molecule has 38 valence electrons. The first-order valence-electron chi connectivity index (χ1n) is 2.03. The van der Waals surface area contributed by atoms with Gasteiger partial charge in [0.25, 0.3) is 12.9 Å². The Balaban J connectivity index is 3.27. The topological polar surface area (TPSA) is 26.1 Å². The predicted octanol–water partition coefficient (Wildman–Crippen LogP) is -0.442. The molecule has 0 unspecified atom stereocenters. The maximum Gasteiger partial charge on any atom is 0.293 e. The molecule has 0 saturated carbocycles. The van der Waals surface area contributed by atoms with Crippen LogP contribution in [0, 0.1) is 0 Å². The molecule has 2 heteroatoms. The lowest BCUT2D eigenvalue weighted by Gasteiger charge is -1.73. The normalized spacial score (nSPS) is 8.14. The fourth-order valence-corrected chi connectivity index (χ4v) is 0.200. The minimum absolute atomic E-state index is 1.61. The van der Waals surface area contributed by atoms with Gasteiger partial charge in [-0.05, 0) is 0 Å². The van der Waals surface area contributed by atoms with Crippen molar-refractivity contribution in [2.75, 3.05) is 7.05 Å². The van der Waals surface area contributed by atoms with Gasteiger partial charge in [-0.3, -0.25) is 0 Å². The molecule has 0 radical (unpaired) electrons. The van der Waals surface area contributed by atoms with Crippen molar-refractivity contribution in [1.29, 1.82) is 0 Å². The molecule has 0 atom stereocenters. The van der Waals surface area contributed by atoms with E-state index in [0.717, 1.165) is 0 Å². The molecule has 0 fully saturated rings. The van der Waals surface area contributed by atoms with Crippen LogP contribution in [0.15, 0.2) is 12.3 Å². The monoisotopic (exact) mass is 97.1 g/mol. The van der Waals surface area contributed by atoms with Crippen LogP contribution in [-0.2, 0) is 0 Å². The Kier molecular flexibility index (Phi) is 4.27. The summed E-state index contributed by atoms with van der Waals surface area (Å²) in [6.45, 7) is 3.25. The SMILES string of the molecule is C=[N+]=C/C=C\NC. The first-order chi connectivity index (χ1) is 3.41. The van der Waals surface area contributed by atoms with E-state index in [4.69, 9.17) is 0 Å². The third-order valence-corrected chi connectivity index (χ3v) is 0.454. The molecule has 0 amide bonds. The number of rotatable bonds is 2. The largest absolute Gasteiger partial charge is 0.394 e. The Morgan fingerprint density at radius 1 is 1.71 bits per heavy atom. The van der Waals surface area contributed by atoms with Crippen LogP contribution in [0.25, 0.3) is 0 Å². The van der Waals surface area contributed by atoms with Crippen molar-refractivity contribution in [2.45, 2.75) is 0 Å². The molecule has 0 rings (SSSR count). The fraction of sp³-hybridized carbons (Fsp3) is 0.200. The van der Waals surface area contributed by atoms with Crippen molar-refractivity contribution in [3.63, 3.8) is 0 Å². The van der Waals surface area contributed by atoms with Gasteiger partial charge >= 0.3 is 0 Å². The molecule has 2 nitrogen and oxygen atoms in total. The van der Waals surface area contributed by atoms with E-state index >= 15 is 0 Å². The third-order valence-electron chi connectivity index (χ3n) is 0.454. The van der Waals surface area contributed by atoms with Crippen molar-refractivity contribution in [2.24, 2.45) is 0 Å². The minimum Gasteiger partial charge on any atom is -0.394 e. The van der Waals surface area contributed by atoms with E-state index in [1.807, 2.05) is 7.05 Å². The summed E-state index contributed by atoms with van der Waals surface area (Å²) in [7, 11) is 1.83. The van der Waals surface area contributed by atoms with Gasteiger partial charge < -0.3 is 5.32 Å². The zero-order valence-corrected chi connectivity index (χ0v) is 4.39. The van der Waals surface area contributed by atoms with E-state index in [9.17, 15) is 0 Å². The number of nitrogens with one attached hydrogen (secondary N) is 1. The van der Waals surface area contributed by atoms with Crippen LogP contribution in [0.5, 0.6) is 0 Å². The molecule has 0 aliphatic carbocycles. The highest BCUT2D eigenvalue weighted by atomic mass is 14.8. The highest BCUT2D eigenvalue weighted by molar-refractivity contribution is 5.70. The van der Waals surface area contributed by atoms with Gasteiger partial charge in [-0.2, -0.15) is 0 Å². The Bertz CT molecular complexity index is 98.6. The predicted molar refractivity (Wildman–Crippen MR) is 33.5 cm³/mol. The van der Waals surface area contributed by atoms with Gasteiger partial charge in [0.2, 0.25) is 0 Å². The van der Waals surface area contributed by atoms with Crippen LogP contribution < -0.4 is 9.98 Å². The van der Waals surface area contributed by atoms with Crippen LogP contribution in [0.3, 0.4) is 0 Å². The number of hydrogen-bond acceptors (Lipinski definition) is 1. The number of allylic oxidation sites excluding steroid dienone is 1. The van der Waals surface area contributed by atoms with E-state index in [0.29, 0.717) is 0 Å². The van der Waals surface area contributed by atoms with Gasteiger partial charge in [-0.1, -0.05) is 0 Å². The molecule has 0 spiro atoms. The molecule has 0 bridgehead atoms. The van der Waals surface area contributed by atoms with Crippen molar-refractivity contribution < 1.29 is 0 Å². The van der Waals surface area contributed by atoms with E-state index in [-0.39, 0.29) is 0 Å². The summed E-state index contributed by atoms with van der Waals surface area (Å²) in [5.74, 6) is 0. The third kappa shape index (κ3) is 4.99. The second kappa shape index (κ2) is 4.99. The average molecular weight is 97.1 g/mol. The van der Waals surface area contributed by atoms with Gasteiger partial charge in [-0.25, -0.2) is 0 Å². The Morgan fingerprint density at radius 3 is 2.86 bits per heavy atom. The average Bonchev–Trinajstić information content (AvgIpc) is 1.69. The standard InChI is InChI=1S/C5H8N2/c1-6-4-3-5-7-2/h3-5H,1H2,2H3/p+1. The second-order valence-electron chi connectivity index (χ2n) is 0.979. The molecule has 1 N–H and O–H groups in total. The Morgan fingerprint density at radius 2 is 2.43 bits per heavy atom. The summed E-state index contributed by atoms with van der Waals surface area (Å²) in [4.78, 5) is 0. The zero-order chi connectivity index (χ0) is 5.54. The number of nitrogens with zero attached hydrogens (tertiary/aromatic N) is 1. The first kappa shape index (κ1) is 5.99. The molecule has 0 aromatic rings. The van der Waals surface area contributed by atoms with Gasteiger partial charge in [0.1, 0.15) is 0 Å². The molecular weight excluding hydrogens is 88.1 g/mol. The summed E-state index contributed by atoms with van der Waals surface area (Å²) >= 11 is 0. The van der Waals surface area contributed by atoms with Crippen LogP contribution in [0.1, 0.15) is 0 Å². The highest BCUT2D eigenvalue weighted by Gasteiger charge is 1.63. The van der Waals surface area contributed by atoms with E-state index < -0.39 is 0 Å². The molecule has 0 saturated heterocycles. The van der Waals surface area contributed by atoms with Crippen molar-refractivity contribution in [3.05, 3.63) is 12.3 Å². The lowest BCUT2D eigenvalue weighted by molar-refractivity contribution is 1.11. The number of hydrogen-bond donors (Lipinski definition) is 1. The van der Waals surface area contributed by atoms with Gasteiger partial charge in [0.05, 0.1) is 0 Å². The zero-order valence-electron chi connectivity index (χ0n) is 4.39. The van der Waals surface area contributed by atoms with Gasteiger partial charge in [0.15, 0.2) is 0 Å². The van der Waals surface area contributed by atoms with Crippen LogP contribution in [-0.4, -0.2) is 20.0 Å². The summed E-state index contributed by atoms with van der Waals surface area (Å²) in [5.41, 5.74) is 0. The summed E-state index contributed by atoms with van der Waals surface area (Å²) in [6, 6.07) is 0. The summed E-state index contributed by atoms with van der Waals surface area (Å²) in [5, 5.41) is 2.80. The van der Waals surface area contributed by atoms with Crippen LogP contribution >= 0.6 is 0 Å². The molecule has 0 aromatic carbocycles. The lowest BCUT2D eigenvalue weighted by Crippen LogP contribution is -1.90. The quantitative estimate of drug-likeness (QED) is 0.367. The summed E-state index contributed by atoms with van der Waals surface area (Å²) in [6.07, 6.45) is 5.15. The fourth-order valence-electron chi connectivity index (χ4n) is 0.200.